The van der Waals surface area contributed by atoms with E-state index in [1.807, 2.05) is 6.08 Å². The molecule has 3 N–H and O–H groups in total. The summed E-state index contributed by atoms with van der Waals surface area (Å²) in [5.74, 6) is 0.0134. The van der Waals surface area contributed by atoms with E-state index in [1.165, 1.54) is 5.57 Å². The molecule has 2 saturated carbocycles. The van der Waals surface area contributed by atoms with Crippen LogP contribution in [0.25, 0.3) is 0 Å². The highest BCUT2D eigenvalue weighted by Gasteiger charge is 2.63. The van der Waals surface area contributed by atoms with Crippen molar-refractivity contribution in [3.05, 3.63) is 23.8 Å². The molecular weight excluding hydrogens is 276 g/mol. The Morgan fingerprint density at radius 2 is 1.82 bits per heavy atom. The van der Waals surface area contributed by atoms with Gasteiger partial charge in [0.15, 0.2) is 5.79 Å². The number of aliphatic hydroxyl groups is 3. The van der Waals surface area contributed by atoms with Crippen LogP contribution in [0.15, 0.2) is 23.8 Å². The first kappa shape index (κ1) is 14.9. The van der Waals surface area contributed by atoms with E-state index in [0.717, 1.165) is 32.1 Å². The number of hydrogen-bond acceptors (Lipinski definition) is 3. The van der Waals surface area contributed by atoms with E-state index in [4.69, 9.17) is 0 Å². The summed E-state index contributed by atoms with van der Waals surface area (Å²) in [4.78, 5) is 0. The summed E-state index contributed by atoms with van der Waals surface area (Å²) >= 11 is 0. The molecule has 0 amide bonds. The summed E-state index contributed by atoms with van der Waals surface area (Å²) in [5.41, 5.74) is 1.09. The van der Waals surface area contributed by atoms with Crippen LogP contribution in [0.5, 0.6) is 0 Å². The molecule has 4 aliphatic rings. The zero-order valence-corrected chi connectivity index (χ0v) is 13.6. The maximum Gasteiger partial charge on any atom is 0.168 e. The molecule has 0 spiro atoms. The third-order valence-corrected chi connectivity index (χ3v) is 7.74. The molecule has 4 aliphatic carbocycles. The van der Waals surface area contributed by atoms with Crippen molar-refractivity contribution < 1.29 is 15.3 Å². The summed E-state index contributed by atoms with van der Waals surface area (Å²) < 4.78 is 0. The van der Waals surface area contributed by atoms with E-state index in [0.29, 0.717) is 24.2 Å². The van der Waals surface area contributed by atoms with Crippen LogP contribution in [0, 0.1) is 28.6 Å². The Balaban J connectivity index is 1.72. The van der Waals surface area contributed by atoms with E-state index < -0.39 is 5.79 Å². The largest absolute Gasteiger partial charge is 0.389 e. The van der Waals surface area contributed by atoms with Crippen molar-refractivity contribution in [3.8, 4) is 0 Å². The van der Waals surface area contributed by atoms with Gasteiger partial charge in [-0.1, -0.05) is 37.6 Å². The number of fused-ring (bicyclic) bond motifs is 5. The minimum atomic E-state index is -1.49. The molecule has 0 saturated heterocycles. The average Bonchev–Trinajstić information content (AvgIpc) is 2.70. The van der Waals surface area contributed by atoms with E-state index in [9.17, 15) is 15.3 Å². The van der Waals surface area contributed by atoms with Gasteiger partial charge in [0.1, 0.15) is 0 Å². The molecule has 6 atom stereocenters. The van der Waals surface area contributed by atoms with E-state index >= 15 is 0 Å². The fraction of sp³-hybridized carbons (Fsp3) is 0.789. The second kappa shape index (κ2) is 4.46. The Hall–Kier alpha value is -0.640. The molecule has 0 bridgehead atoms. The Bertz CT molecular complexity index is 549. The van der Waals surface area contributed by atoms with Crippen molar-refractivity contribution in [2.75, 3.05) is 0 Å². The van der Waals surface area contributed by atoms with Crippen molar-refractivity contribution in [2.45, 2.75) is 64.3 Å². The van der Waals surface area contributed by atoms with Crippen LogP contribution < -0.4 is 0 Å². The summed E-state index contributed by atoms with van der Waals surface area (Å²) in [6, 6.07) is 0. The molecule has 0 aromatic carbocycles. The Morgan fingerprint density at radius 1 is 1.09 bits per heavy atom. The first-order valence-electron chi connectivity index (χ1n) is 8.80. The smallest absolute Gasteiger partial charge is 0.168 e. The van der Waals surface area contributed by atoms with Crippen molar-refractivity contribution in [1.29, 1.82) is 0 Å². The van der Waals surface area contributed by atoms with Crippen LogP contribution in [0.2, 0.25) is 0 Å². The van der Waals surface area contributed by atoms with E-state index in [-0.39, 0.29) is 16.9 Å². The molecule has 2 fully saturated rings. The van der Waals surface area contributed by atoms with Gasteiger partial charge in [0.2, 0.25) is 0 Å². The van der Waals surface area contributed by atoms with Crippen LogP contribution in [0.4, 0.5) is 0 Å². The van der Waals surface area contributed by atoms with Crippen LogP contribution in [-0.4, -0.2) is 27.2 Å². The monoisotopic (exact) mass is 304 g/mol. The lowest BCUT2D eigenvalue weighted by atomic mass is 9.49. The van der Waals surface area contributed by atoms with E-state index in [2.05, 4.69) is 26.0 Å². The fourth-order valence-electron chi connectivity index (χ4n) is 6.23. The molecule has 22 heavy (non-hydrogen) atoms. The van der Waals surface area contributed by atoms with Gasteiger partial charge in [0.25, 0.3) is 0 Å². The minimum Gasteiger partial charge on any atom is -0.389 e. The molecule has 122 valence electrons. The highest BCUT2D eigenvalue weighted by Crippen LogP contribution is 2.65. The Morgan fingerprint density at radius 3 is 2.59 bits per heavy atom. The minimum absolute atomic E-state index is 0.0552. The second-order valence-electron chi connectivity index (χ2n) is 8.57. The Labute approximate surface area is 132 Å². The van der Waals surface area contributed by atoms with Crippen LogP contribution >= 0.6 is 0 Å². The molecule has 0 aromatic rings. The summed E-state index contributed by atoms with van der Waals surface area (Å²) in [6.45, 7) is 4.41. The molecular formula is C19H28O3. The molecule has 0 unspecified atom stereocenters. The third-order valence-electron chi connectivity index (χ3n) is 7.74. The molecule has 3 nitrogen and oxygen atoms in total. The van der Waals surface area contributed by atoms with Crippen LogP contribution in [-0.2, 0) is 0 Å². The molecule has 0 heterocycles. The normalized spacial score (nSPS) is 52.5. The highest BCUT2D eigenvalue weighted by molar-refractivity contribution is 5.33. The first-order valence-corrected chi connectivity index (χ1v) is 8.80. The summed E-state index contributed by atoms with van der Waals surface area (Å²) in [6.07, 6.45) is 11.4. The van der Waals surface area contributed by atoms with Gasteiger partial charge < -0.3 is 15.3 Å². The van der Waals surface area contributed by atoms with Gasteiger partial charge in [-0.15, -0.1) is 0 Å². The number of rotatable bonds is 0. The van der Waals surface area contributed by atoms with Crippen molar-refractivity contribution in [2.24, 2.45) is 28.6 Å². The zero-order valence-electron chi connectivity index (χ0n) is 13.6. The van der Waals surface area contributed by atoms with Gasteiger partial charge in [-0.2, -0.15) is 0 Å². The van der Waals surface area contributed by atoms with Gasteiger partial charge in [0, 0.05) is 17.3 Å². The maximum atomic E-state index is 10.5. The zero-order chi connectivity index (χ0) is 15.8. The molecule has 4 rings (SSSR count). The number of hydrogen-bond donors (Lipinski definition) is 3. The summed E-state index contributed by atoms with van der Waals surface area (Å²) in [5, 5.41) is 30.9. The lowest BCUT2D eigenvalue weighted by molar-refractivity contribution is -0.245. The number of aliphatic hydroxyl groups excluding tert-OH is 1. The van der Waals surface area contributed by atoms with Crippen molar-refractivity contribution in [1.82, 2.24) is 0 Å². The van der Waals surface area contributed by atoms with Gasteiger partial charge in [0.05, 0.1) is 6.10 Å². The van der Waals surface area contributed by atoms with E-state index in [1.54, 1.807) is 0 Å². The van der Waals surface area contributed by atoms with Gasteiger partial charge in [-0.25, -0.2) is 0 Å². The quantitative estimate of drug-likeness (QED) is 0.476. The molecule has 0 radical (unpaired) electrons. The van der Waals surface area contributed by atoms with Crippen molar-refractivity contribution in [3.63, 3.8) is 0 Å². The van der Waals surface area contributed by atoms with Gasteiger partial charge in [-0.3, -0.25) is 0 Å². The first-order chi connectivity index (χ1) is 10.3. The van der Waals surface area contributed by atoms with Gasteiger partial charge >= 0.3 is 0 Å². The number of allylic oxidation sites excluding steroid dienone is 2. The Kier molecular flexibility index (Phi) is 3.03. The van der Waals surface area contributed by atoms with Crippen LogP contribution in [0.1, 0.15) is 52.4 Å². The average molecular weight is 304 g/mol. The molecule has 0 aromatic heterocycles. The lowest BCUT2D eigenvalue weighted by Crippen LogP contribution is -2.54. The standard InChI is InChI=1S/C19H28O3/c1-17-8-5-13(20)11-12(17)3-4-14-15(17)6-9-18(2)16(14)7-10-19(18,21)22/h3,5,8,13-16,20-22H,4,6-7,9-11H2,1-2H3/t13-,14+,15-,16-,17-,18-/m0/s1. The maximum absolute atomic E-state index is 10.5. The fourth-order valence-corrected chi connectivity index (χ4v) is 6.23. The highest BCUT2D eigenvalue weighted by atomic mass is 16.5. The predicted octanol–water partition coefficient (Wildman–Crippen LogP) is 2.77. The SMILES string of the molecule is C[C@]12C=C[C@H](O)CC1=CC[C@@H]1[C@@H]2CC[C@@]2(C)[C@H]1CCC2(O)O. The topological polar surface area (TPSA) is 60.7 Å². The van der Waals surface area contributed by atoms with Gasteiger partial charge in [-0.05, 0) is 49.9 Å². The molecule has 0 aliphatic heterocycles. The molecule has 3 heteroatoms. The third kappa shape index (κ3) is 1.73. The predicted molar refractivity (Wildman–Crippen MR) is 84.8 cm³/mol. The van der Waals surface area contributed by atoms with Crippen molar-refractivity contribution >= 4 is 0 Å². The van der Waals surface area contributed by atoms with Crippen LogP contribution in [0.3, 0.4) is 0 Å². The second-order valence-corrected chi connectivity index (χ2v) is 8.57. The summed E-state index contributed by atoms with van der Waals surface area (Å²) in [7, 11) is 0. The lowest BCUT2D eigenvalue weighted by Gasteiger charge is -2.56.